The molecule has 2 aromatic heterocycles. The predicted molar refractivity (Wildman–Crippen MR) is 117 cm³/mol. The molecule has 0 aromatic carbocycles. The summed E-state index contributed by atoms with van der Waals surface area (Å²) in [5.41, 5.74) is 3.63. The number of hydrogen-bond donors (Lipinski definition) is 1. The molecule has 1 fully saturated rings. The first-order valence-electron chi connectivity index (χ1n) is 9.90. The summed E-state index contributed by atoms with van der Waals surface area (Å²) >= 11 is 1.52. The first kappa shape index (κ1) is 21.5. The zero-order valence-corrected chi connectivity index (χ0v) is 18.5. The second-order valence-electron chi connectivity index (χ2n) is 7.48. The molecule has 1 N–H and O–H groups in total. The summed E-state index contributed by atoms with van der Waals surface area (Å²) in [5.74, 6) is 0.864. The molecule has 0 bridgehead atoms. The molecule has 2 aromatic rings. The summed E-state index contributed by atoms with van der Waals surface area (Å²) in [6.07, 6.45) is 5.03. The van der Waals surface area contributed by atoms with E-state index >= 15 is 0 Å². The SMILES string of the molecule is CSc1nc(C)c(CCC(=O)Nc2ccc(N3C[C@@H](C)O[C@@H](C)C3)nc2)c(C)n1. The lowest BCUT2D eigenvalue weighted by Crippen LogP contribution is -2.45. The molecule has 156 valence electrons. The average molecular weight is 416 g/mol. The third-order valence-electron chi connectivity index (χ3n) is 4.96. The molecule has 1 saturated heterocycles. The number of hydrogen-bond acceptors (Lipinski definition) is 7. The van der Waals surface area contributed by atoms with Crippen LogP contribution in [0, 0.1) is 13.8 Å². The second-order valence-corrected chi connectivity index (χ2v) is 8.25. The van der Waals surface area contributed by atoms with Crippen molar-refractivity contribution in [2.45, 2.75) is 57.9 Å². The molecule has 3 rings (SSSR count). The van der Waals surface area contributed by atoms with Crippen molar-refractivity contribution in [3.05, 3.63) is 35.3 Å². The Kier molecular flexibility index (Phi) is 7.08. The highest BCUT2D eigenvalue weighted by atomic mass is 32.2. The number of carbonyl (C=O) groups excluding carboxylic acids is 1. The summed E-state index contributed by atoms with van der Waals surface area (Å²) in [6.45, 7) is 9.72. The van der Waals surface area contributed by atoms with E-state index in [4.69, 9.17) is 4.74 Å². The van der Waals surface area contributed by atoms with Gasteiger partial charge in [-0.3, -0.25) is 4.79 Å². The fourth-order valence-electron chi connectivity index (χ4n) is 3.64. The molecular formula is C21H29N5O2S. The zero-order chi connectivity index (χ0) is 21.0. The van der Waals surface area contributed by atoms with Crippen LogP contribution in [0.3, 0.4) is 0 Å². The number of aryl methyl sites for hydroxylation is 2. The van der Waals surface area contributed by atoms with E-state index in [1.165, 1.54) is 11.8 Å². The van der Waals surface area contributed by atoms with Gasteiger partial charge in [0.2, 0.25) is 5.91 Å². The molecule has 1 aliphatic heterocycles. The van der Waals surface area contributed by atoms with Gasteiger partial charge in [-0.15, -0.1) is 0 Å². The van der Waals surface area contributed by atoms with Crippen LogP contribution in [0.2, 0.25) is 0 Å². The Morgan fingerprint density at radius 3 is 2.41 bits per heavy atom. The van der Waals surface area contributed by atoms with Crippen LogP contribution in [0.5, 0.6) is 0 Å². The van der Waals surface area contributed by atoms with Gasteiger partial charge in [-0.2, -0.15) is 0 Å². The zero-order valence-electron chi connectivity index (χ0n) is 17.7. The van der Waals surface area contributed by atoms with Gasteiger partial charge in [-0.25, -0.2) is 15.0 Å². The van der Waals surface area contributed by atoms with Gasteiger partial charge in [0, 0.05) is 30.9 Å². The first-order valence-corrected chi connectivity index (χ1v) is 11.1. The lowest BCUT2D eigenvalue weighted by molar-refractivity contribution is -0.116. The van der Waals surface area contributed by atoms with Crippen LogP contribution >= 0.6 is 11.8 Å². The van der Waals surface area contributed by atoms with E-state index in [0.717, 1.165) is 41.0 Å². The highest BCUT2D eigenvalue weighted by Gasteiger charge is 2.23. The van der Waals surface area contributed by atoms with Gasteiger partial charge >= 0.3 is 0 Å². The van der Waals surface area contributed by atoms with Crippen molar-refractivity contribution in [2.24, 2.45) is 0 Å². The van der Waals surface area contributed by atoms with Crippen molar-refractivity contribution in [3.63, 3.8) is 0 Å². The third kappa shape index (κ3) is 5.67. The van der Waals surface area contributed by atoms with E-state index in [-0.39, 0.29) is 18.1 Å². The van der Waals surface area contributed by atoms with Crippen LogP contribution in [-0.2, 0) is 16.0 Å². The molecule has 7 nitrogen and oxygen atoms in total. The van der Waals surface area contributed by atoms with Crippen molar-refractivity contribution in [1.29, 1.82) is 0 Å². The minimum absolute atomic E-state index is 0.0408. The lowest BCUT2D eigenvalue weighted by Gasteiger charge is -2.36. The molecule has 2 atom stereocenters. The van der Waals surface area contributed by atoms with E-state index in [2.05, 4.69) is 39.0 Å². The Balaban J connectivity index is 1.56. The maximum atomic E-state index is 12.4. The maximum Gasteiger partial charge on any atom is 0.224 e. The third-order valence-corrected chi connectivity index (χ3v) is 5.51. The Labute approximate surface area is 176 Å². The summed E-state index contributed by atoms with van der Waals surface area (Å²) in [6, 6.07) is 3.85. The quantitative estimate of drug-likeness (QED) is 0.572. The van der Waals surface area contributed by atoms with Gasteiger partial charge < -0.3 is 15.0 Å². The second kappa shape index (κ2) is 9.54. The molecule has 29 heavy (non-hydrogen) atoms. The van der Waals surface area contributed by atoms with Gasteiger partial charge in [0.25, 0.3) is 0 Å². The van der Waals surface area contributed by atoms with Crippen molar-refractivity contribution >= 4 is 29.2 Å². The van der Waals surface area contributed by atoms with Crippen LogP contribution in [0.25, 0.3) is 0 Å². The van der Waals surface area contributed by atoms with Crippen LogP contribution in [-0.4, -0.2) is 52.4 Å². The van der Waals surface area contributed by atoms with Gasteiger partial charge in [-0.1, -0.05) is 11.8 Å². The Morgan fingerprint density at radius 1 is 1.21 bits per heavy atom. The van der Waals surface area contributed by atoms with Gasteiger partial charge in [0.05, 0.1) is 24.1 Å². The van der Waals surface area contributed by atoms with Crippen LogP contribution in [0.4, 0.5) is 11.5 Å². The highest BCUT2D eigenvalue weighted by Crippen LogP contribution is 2.20. The number of rotatable bonds is 6. The first-order chi connectivity index (χ1) is 13.9. The van der Waals surface area contributed by atoms with Gasteiger partial charge in [-0.05, 0) is 58.1 Å². The minimum atomic E-state index is -0.0408. The van der Waals surface area contributed by atoms with Crippen molar-refractivity contribution in [3.8, 4) is 0 Å². The Bertz CT molecular complexity index is 826. The van der Waals surface area contributed by atoms with E-state index in [1.54, 1.807) is 6.20 Å². The number of aromatic nitrogens is 3. The molecule has 0 aliphatic carbocycles. The number of morpholine rings is 1. The predicted octanol–water partition coefficient (Wildman–Crippen LogP) is 3.40. The number of nitrogens with zero attached hydrogens (tertiary/aromatic N) is 4. The highest BCUT2D eigenvalue weighted by molar-refractivity contribution is 7.98. The average Bonchev–Trinajstić information content (AvgIpc) is 2.67. The van der Waals surface area contributed by atoms with E-state index in [0.29, 0.717) is 18.5 Å². The number of anilines is 2. The fraction of sp³-hybridized carbons (Fsp3) is 0.524. The van der Waals surface area contributed by atoms with Crippen molar-refractivity contribution in [2.75, 3.05) is 29.6 Å². The topological polar surface area (TPSA) is 80.2 Å². The molecule has 1 amide bonds. The number of nitrogens with one attached hydrogen (secondary N) is 1. The molecule has 1 aliphatic rings. The molecule has 0 unspecified atom stereocenters. The number of thioether (sulfide) groups is 1. The molecule has 0 radical (unpaired) electrons. The largest absolute Gasteiger partial charge is 0.372 e. The number of pyridine rings is 1. The Morgan fingerprint density at radius 2 is 1.86 bits per heavy atom. The number of amides is 1. The fourth-order valence-corrected chi connectivity index (χ4v) is 4.09. The molecule has 0 spiro atoms. The van der Waals surface area contributed by atoms with Crippen LogP contribution < -0.4 is 10.2 Å². The molecule has 0 saturated carbocycles. The van der Waals surface area contributed by atoms with E-state index in [1.807, 2.05) is 32.2 Å². The van der Waals surface area contributed by atoms with Crippen molar-refractivity contribution in [1.82, 2.24) is 15.0 Å². The standard InChI is InChI=1S/C21H29N5O2S/c1-13-11-26(12-14(2)28-13)19-8-6-17(10-22-19)25-20(27)9-7-18-15(3)23-21(29-5)24-16(18)4/h6,8,10,13-14H,7,9,11-12H2,1-5H3,(H,25,27)/t13-,14+. The smallest absolute Gasteiger partial charge is 0.224 e. The summed E-state index contributed by atoms with van der Waals surface area (Å²) in [5, 5.41) is 3.70. The maximum absolute atomic E-state index is 12.4. The molecular weight excluding hydrogens is 386 g/mol. The summed E-state index contributed by atoms with van der Waals surface area (Å²) in [7, 11) is 0. The van der Waals surface area contributed by atoms with Crippen LogP contribution in [0.1, 0.15) is 37.2 Å². The van der Waals surface area contributed by atoms with Crippen LogP contribution in [0.15, 0.2) is 23.5 Å². The van der Waals surface area contributed by atoms with Crippen molar-refractivity contribution < 1.29 is 9.53 Å². The van der Waals surface area contributed by atoms with Gasteiger partial charge in [0.15, 0.2) is 5.16 Å². The Hall–Kier alpha value is -2.19. The summed E-state index contributed by atoms with van der Waals surface area (Å²) < 4.78 is 5.77. The normalized spacial score (nSPS) is 19.3. The number of ether oxygens (including phenoxy) is 1. The minimum Gasteiger partial charge on any atom is -0.372 e. The van der Waals surface area contributed by atoms with E-state index in [9.17, 15) is 4.79 Å². The number of carbonyl (C=O) groups is 1. The van der Waals surface area contributed by atoms with Gasteiger partial charge in [0.1, 0.15) is 5.82 Å². The lowest BCUT2D eigenvalue weighted by atomic mass is 10.1. The monoisotopic (exact) mass is 415 g/mol. The molecule has 3 heterocycles. The summed E-state index contributed by atoms with van der Waals surface area (Å²) in [4.78, 5) is 28.1. The molecule has 8 heteroatoms. The van der Waals surface area contributed by atoms with E-state index < -0.39 is 0 Å².